The molecule has 0 aliphatic carbocycles. The Labute approximate surface area is 198 Å². The molecular formula is C24H19BrClN3O3. The number of aromatic nitrogens is 2. The molecule has 2 heterocycles. The number of fused-ring (bicyclic) bond motifs is 1. The first-order valence-electron chi connectivity index (χ1n) is 9.75. The van der Waals surface area contributed by atoms with E-state index >= 15 is 0 Å². The van der Waals surface area contributed by atoms with Crippen molar-refractivity contribution >= 4 is 62.0 Å². The molecule has 2 aromatic carbocycles. The van der Waals surface area contributed by atoms with Crippen LogP contribution in [-0.2, 0) is 16.1 Å². The molecule has 0 spiro atoms. The Kier molecular flexibility index (Phi) is 6.30. The molecule has 1 amide bonds. The molecule has 2 aromatic heterocycles. The number of carbonyl (C=O) groups excluding carboxylic acids is 2. The van der Waals surface area contributed by atoms with Gasteiger partial charge in [0.2, 0.25) is 12.2 Å². The second-order valence-corrected chi connectivity index (χ2v) is 8.51. The van der Waals surface area contributed by atoms with E-state index in [4.69, 9.17) is 16.3 Å². The maximum Gasteiger partial charge on any atom is 0.295 e. The van der Waals surface area contributed by atoms with Crippen LogP contribution in [0.4, 0.5) is 11.4 Å². The molecule has 6 nitrogen and oxygen atoms in total. The Morgan fingerprint density at radius 3 is 2.62 bits per heavy atom. The van der Waals surface area contributed by atoms with Gasteiger partial charge in [0.15, 0.2) is 0 Å². The molecule has 0 radical (unpaired) electrons. The van der Waals surface area contributed by atoms with Crippen LogP contribution in [0.15, 0.2) is 65.3 Å². The van der Waals surface area contributed by atoms with E-state index in [1.807, 2.05) is 49.4 Å². The van der Waals surface area contributed by atoms with Crippen LogP contribution in [0.1, 0.15) is 11.3 Å². The predicted molar refractivity (Wildman–Crippen MR) is 129 cm³/mol. The van der Waals surface area contributed by atoms with E-state index < -0.39 is 5.91 Å². The first-order valence-corrected chi connectivity index (χ1v) is 10.9. The van der Waals surface area contributed by atoms with E-state index in [1.165, 1.54) is 18.2 Å². The number of nitrogens with zero attached hydrogens (tertiary/aromatic N) is 3. The summed E-state index contributed by atoms with van der Waals surface area (Å²) in [5.41, 5.74) is 3.94. The molecule has 4 rings (SSSR count). The summed E-state index contributed by atoms with van der Waals surface area (Å²) in [6.45, 7) is 2.51. The Hall–Kier alpha value is -3.16. The lowest BCUT2D eigenvalue weighted by molar-refractivity contribution is -0.129. The highest BCUT2D eigenvalue weighted by Crippen LogP contribution is 2.40. The summed E-state index contributed by atoms with van der Waals surface area (Å²) in [5, 5.41) is 1.50. The highest BCUT2D eigenvalue weighted by Gasteiger charge is 2.26. The Morgan fingerprint density at radius 1 is 1.19 bits per heavy atom. The molecule has 4 aromatic rings. The minimum Gasteiger partial charge on any atom is -0.481 e. The smallest absolute Gasteiger partial charge is 0.295 e. The number of halogens is 2. The maximum absolute atomic E-state index is 12.9. The van der Waals surface area contributed by atoms with Gasteiger partial charge in [0, 0.05) is 39.4 Å². The fourth-order valence-corrected chi connectivity index (χ4v) is 4.25. The number of rotatable bonds is 6. The molecule has 0 N–H and O–H groups in total. The molecule has 8 heteroatoms. The van der Waals surface area contributed by atoms with E-state index in [0.29, 0.717) is 35.1 Å². The summed E-state index contributed by atoms with van der Waals surface area (Å²) in [7, 11) is 1.50. The zero-order chi connectivity index (χ0) is 22.8. The molecule has 32 heavy (non-hydrogen) atoms. The van der Waals surface area contributed by atoms with Crippen LogP contribution in [0.5, 0.6) is 5.88 Å². The van der Waals surface area contributed by atoms with Crippen LogP contribution in [0.3, 0.4) is 0 Å². The second kappa shape index (κ2) is 9.14. The van der Waals surface area contributed by atoms with Gasteiger partial charge in [-0.3, -0.25) is 14.5 Å². The molecule has 0 aliphatic rings. The largest absolute Gasteiger partial charge is 0.481 e. The van der Waals surface area contributed by atoms with Gasteiger partial charge < -0.3 is 9.30 Å². The number of methoxy groups -OCH3 is 1. The minimum atomic E-state index is -0.688. The van der Waals surface area contributed by atoms with Crippen LogP contribution >= 0.6 is 27.5 Å². The lowest BCUT2D eigenvalue weighted by Gasteiger charge is -2.22. The van der Waals surface area contributed by atoms with Crippen LogP contribution in [0.25, 0.3) is 10.9 Å². The monoisotopic (exact) mass is 511 g/mol. The quantitative estimate of drug-likeness (QED) is 0.246. The SMILES string of the molecule is COc1cc(N(C(=O)C=O)c2c(C)n(Cc3ccc(Cl)cc3)c3ccc(Br)cc23)ccn1. The Balaban J connectivity index is 1.96. The molecule has 0 aliphatic heterocycles. The normalized spacial score (nSPS) is 10.9. The van der Waals surface area contributed by atoms with Crippen molar-refractivity contribution in [1.82, 2.24) is 9.55 Å². The second-order valence-electron chi connectivity index (χ2n) is 7.16. The number of carbonyl (C=O) groups is 2. The van der Waals surface area contributed by atoms with Gasteiger partial charge in [0.1, 0.15) is 0 Å². The van der Waals surface area contributed by atoms with Crippen molar-refractivity contribution in [3.63, 3.8) is 0 Å². The summed E-state index contributed by atoms with van der Waals surface area (Å²) in [6.07, 6.45) is 1.85. The highest BCUT2D eigenvalue weighted by molar-refractivity contribution is 9.10. The van der Waals surface area contributed by atoms with Crippen LogP contribution in [0.2, 0.25) is 5.02 Å². The third-order valence-electron chi connectivity index (χ3n) is 5.24. The summed E-state index contributed by atoms with van der Waals surface area (Å²) in [5.74, 6) is -0.346. The van der Waals surface area contributed by atoms with Crippen molar-refractivity contribution in [3.8, 4) is 5.88 Å². The van der Waals surface area contributed by atoms with E-state index in [0.717, 1.165) is 26.6 Å². The standard InChI is InChI=1S/C24H19BrClN3O3/c1-15-24(29(23(31)14-30)19-9-10-27-22(12-19)32-2)20-11-17(25)5-8-21(20)28(15)13-16-3-6-18(26)7-4-16/h3-12,14H,13H2,1-2H3. The van der Waals surface area contributed by atoms with Crippen LogP contribution < -0.4 is 9.64 Å². The lowest BCUT2D eigenvalue weighted by atomic mass is 10.2. The fourth-order valence-electron chi connectivity index (χ4n) is 3.76. The molecule has 0 unspecified atom stereocenters. The summed E-state index contributed by atoms with van der Waals surface area (Å²) in [4.78, 5) is 30.0. The van der Waals surface area contributed by atoms with E-state index in [2.05, 4.69) is 25.5 Å². The van der Waals surface area contributed by atoms with Crippen LogP contribution in [0, 0.1) is 6.92 Å². The van der Waals surface area contributed by atoms with Gasteiger partial charge in [0.25, 0.3) is 5.91 Å². The first kappa shape index (κ1) is 22.0. The van der Waals surface area contributed by atoms with Crippen molar-refractivity contribution in [1.29, 1.82) is 0 Å². The fraction of sp³-hybridized carbons (Fsp3) is 0.125. The average molecular weight is 513 g/mol. The summed E-state index contributed by atoms with van der Waals surface area (Å²) < 4.78 is 8.20. The maximum atomic E-state index is 12.9. The van der Waals surface area contributed by atoms with Crippen molar-refractivity contribution in [2.24, 2.45) is 0 Å². The van der Waals surface area contributed by atoms with Crippen molar-refractivity contribution in [2.75, 3.05) is 12.0 Å². The van der Waals surface area contributed by atoms with Gasteiger partial charge in [-0.15, -0.1) is 0 Å². The van der Waals surface area contributed by atoms with Gasteiger partial charge in [-0.2, -0.15) is 0 Å². The minimum absolute atomic E-state index is 0.312. The van der Waals surface area contributed by atoms with Crippen LogP contribution in [-0.4, -0.2) is 28.9 Å². The third kappa shape index (κ3) is 4.13. The molecule has 0 saturated carbocycles. The van der Waals surface area contributed by atoms with Gasteiger partial charge in [0.05, 0.1) is 24.0 Å². The number of pyridine rings is 1. The van der Waals surface area contributed by atoms with Crippen molar-refractivity contribution in [3.05, 3.63) is 81.5 Å². The number of benzene rings is 2. The highest BCUT2D eigenvalue weighted by atomic mass is 79.9. The van der Waals surface area contributed by atoms with Gasteiger partial charge in [-0.25, -0.2) is 4.98 Å². The van der Waals surface area contributed by atoms with Crippen molar-refractivity contribution in [2.45, 2.75) is 13.5 Å². The zero-order valence-corrected chi connectivity index (χ0v) is 19.7. The van der Waals surface area contributed by atoms with Gasteiger partial charge >= 0.3 is 0 Å². The van der Waals surface area contributed by atoms with Gasteiger partial charge in [-0.05, 0) is 48.9 Å². The third-order valence-corrected chi connectivity index (χ3v) is 5.98. The lowest BCUT2D eigenvalue weighted by Crippen LogP contribution is -2.27. The van der Waals surface area contributed by atoms with E-state index in [-0.39, 0.29) is 0 Å². The number of amides is 1. The molecule has 0 saturated heterocycles. The summed E-state index contributed by atoms with van der Waals surface area (Å²) in [6, 6.07) is 16.8. The first-order chi connectivity index (χ1) is 15.4. The number of ether oxygens (including phenoxy) is 1. The Bertz CT molecular complexity index is 1320. The number of anilines is 2. The van der Waals surface area contributed by atoms with E-state index in [1.54, 1.807) is 12.1 Å². The summed E-state index contributed by atoms with van der Waals surface area (Å²) >= 11 is 9.57. The molecular weight excluding hydrogens is 494 g/mol. The Morgan fingerprint density at radius 2 is 1.94 bits per heavy atom. The topological polar surface area (TPSA) is 64.4 Å². The molecule has 0 bridgehead atoms. The number of aldehydes is 1. The number of hydrogen-bond donors (Lipinski definition) is 0. The molecule has 162 valence electrons. The number of hydrogen-bond acceptors (Lipinski definition) is 4. The van der Waals surface area contributed by atoms with Gasteiger partial charge in [-0.1, -0.05) is 39.7 Å². The van der Waals surface area contributed by atoms with E-state index in [9.17, 15) is 9.59 Å². The predicted octanol–water partition coefficient (Wildman–Crippen LogP) is 5.68. The molecule has 0 atom stereocenters. The van der Waals surface area contributed by atoms with Crippen molar-refractivity contribution < 1.29 is 14.3 Å². The molecule has 0 fully saturated rings. The average Bonchev–Trinajstić information content (AvgIpc) is 3.06. The zero-order valence-electron chi connectivity index (χ0n) is 17.4.